The van der Waals surface area contributed by atoms with Crippen molar-refractivity contribution in [3.63, 3.8) is 0 Å². The summed E-state index contributed by atoms with van der Waals surface area (Å²) in [7, 11) is 0. The van der Waals surface area contributed by atoms with Gasteiger partial charge in [0.1, 0.15) is 6.04 Å². The van der Waals surface area contributed by atoms with Gasteiger partial charge in [-0.1, -0.05) is 37.6 Å². The highest BCUT2D eigenvalue weighted by atomic mass is 16.4. The van der Waals surface area contributed by atoms with E-state index in [1.807, 2.05) is 32.0 Å². The highest BCUT2D eigenvalue weighted by Crippen LogP contribution is 2.12. The Morgan fingerprint density at radius 2 is 1.90 bits per heavy atom. The Balaban J connectivity index is 2.75. The van der Waals surface area contributed by atoms with Gasteiger partial charge in [-0.3, -0.25) is 4.79 Å². The average molecular weight is 275 g/mol. The van der Waals surface area contributed by atoms with Crippen LogP contribution in [0.25, 0.3) is 6.08 Å². The van der Waals surface area contributed by atoms with Crippen LogP contribution in [0, 0.1) is 19.8 Å². The van der Waals surface area contributed by atoms with E-state index in [-0.39, 0.29) is 5.92 Å². The van der Waals surface area contributed by atoms with Gasteiger partial charge in [0.15, 0.2) is 0 Å². The monoisotopic (exact) mass is 275 g/mol. The average Bonchev–Trinajstić information content (AvgIpc) is 2.34. The van der Waals surface area contributed by atoms with Crippen molar-refractivity contribution in [3.8, 4) is 0 Å². The van der Waals surface area contributed by atoms with Gasteiger partial charge in [-0.05, 0) is 37.0 Å². The summed E-state index contributed by atoms with van der Waals surface area (Å²) >= 11 is 0. The zero-order valence-electron chi connectivity index (χ0n) is 12.3. The predicted molar refractivity (Wildman–Crippen MR) is 79.4 cm³/mol. The first-order valence-corrected chi connectivity index (χ1v) is 6.60. The van der Waals surface area contributed by atoms with Crippen molar-refractivity contribution >= 4 is 18.0 Å². The number of amides is 1. The summed E-state index contributed by atoms with van der Waals surface area (Å²) in [4.78, 5) is 22.8. The molecule has 0 aromatic heterocycles. The highest BCUT2D eigenvalue weighted by Gasteiger charge is 2.22. The second-order valence-electron chi connectivity index (χ2n) is 5.26. The number of aryl methyl sites for hydroxylation is 2. The molecule has 108 valence electrons. The van der Waals surface area contributed by atoms with Crippen molar-refractivity contribution < 1.29 is 14.7 Å². The van der Waals surface area contributed by atoms with Crippen LogP contribution in [0.5, 0.6) is 0 Å². The van der Waals surface area contributed by atoms with E-state index in [1.165, 1.54) is 6.08 Å². The SMILES string of the molecule is Cc1ccc(C=CC(=O)N[C@@H](C(=O)O)C(C)C)c(C)c1. The van der Waals surface area contributed by atoms with Crippen molar-refractivity contribution in [2.24, 2.45) is 5.92 Å². The van der Waals surface area contributed by atoms with Gasteiger partial charge in [0.25, 0.3) is 0 Å². The van der Waals surface area contributed by atoms with Crippen molar-refractivity contribution in [2.45, 2.75) is 33.7 Å². The molecule has 0 heterocycles. The van der Waals surface area contributed by atoms with Crippen molar-refractivity contribution in [1.29, 1.82) is 0 Å². The van der Waals surface area contributed by atoms with Gasteiger partial charge in [-0.15, -0.1) is 0 Å². The standard InChI is InChI=1S/C16H21NO3/c1-10(2)15(16(19)20)17-14(18)8-7-13-6-5-11(3)9-12(13)4/h5-10,15H,1-4H3,(H,17,18)(H,19,20)/t15-/m1/s1. The summed E-state index contributed by atoms with van der Waals surface area (Å²) in [5.74, 6) is -1.58. The number of carbonyl (C=O) groups is 2. The lowest BCUT2D eigenvalue weighted by atomic mass is 10.0. The van der Waals surface area contributed by atoms with Gasteiger partial charge >= 0.3 is 5.97 Å². The highest BCUT2D eigenvalue weighted by molar-refractivity contribution is 5.94. The number of benzene rings is 1. The normalized spacial score (nSPS) is 12.7. The van der Waals surface area contributed by atoms with Crippen LogP contribution in [-0.4, -0.2) is 23.0 Å². The summed E-state index contributed by atoms with van der Waals surface area (Å²) in [5.41, 5.74) is 3.18. The fraction of sp³-hybridized carbons (Fsp3) is 0.375. The third kappa shape index (κ3) is 4.53. The molecule has 4 heteroatoms. The molecular weight excluding hydrogens is 254 g/mol. The van der Waals surface area contributed by atoms with Crippen LogP contribution in [0.3, 0.4) is 0 Å². The molecule has 0 aliphatic carbocycles. The smallest absolute Gasteiger partial charge is 0.326 e. The molecule has 1 aromatic rings. The molecule has 0 saturated carbocycles. The van der Waals surface area contributed by atoms with E-state index in [2.05, 4.69) is 5.32 Å². The van der Waals surface area contributed by atoms with Crippen LogP contribution in [-0.2, 0) is 9.59 Å². The summed E-state index contributed by atoms with van der Waals surface area (Å²) in [6.07, 6.45) is 3.07. The van der Waals surface area contributed by atoms with Gasteiger partial charge in [-0.25, -0.2) is 4.79 Å². The maximum atomic E-state index is 11.8. The molecule has 2 N–H and O–H groups in total. The summed E-state index contributed by atoms with van der Waals surface area (Å²) in [6.45, 7) is 7.49. The van der Waals surface area contributed by atoms with Gasteiger partial charge < -0.3 is 10.4 Å². The second-order valence-corrected chi connectivity index (χ2v) is 5.26. The lowest BCUT2D eigenvalue weighted by Crippen LogP contribution is -2.43. The number of nitrogens with one attached hydrogen (secondary N) is 1. The molecule has 0 fully saturated rings. The number of carboxylic acids is 1. The lowest BCUT2D eigenvalue weighted by molar-refractivity contribution is -0.142. The van der Waals surface area contributed by atoms with Crippen LogP contribution in [0.1, 0.15) is 30.5 Å². The molecule has 0 bridgehead atoms. The Kier molecular flexibility index (Phi) is 5.50. The van der Waals surface area contributed by atoms with E-state index in [0.717, 1.165) is 16.7 Å². The maximum Gasteiger partial charge on any atom is 0.326 e. The van der Waals surface area contributed by atoms with Gasteiger partial charge in [0, 0.05) is 6.08 Å². The van der Waals surface area contributed by atoms with E-state index in [9.17, 15) is 9.59 Å². The molecule has 0 aliphatic rings. The van der Waals surface area contributed by atoms with Crippen LogP contribution < -0.4 is 5.32 Å². The van der Waals surface area contributed by atoms with E-state index < -0.39 is 17.9 Å². The Morgan fingerprint density at radius 1 is 1.25 bits per heavy atom. The minimum absolute atomic E-state index is 0.161. The molecule has 1 atom stereocenters. The minimum atomic E-state index is -1.02. The van der Waals surface area contributed by atoms with Gasteiger partial charge in [-0.2, -0.15) is 0 Å². The van der Waals surface area contributed by atoms with E-state index >= 15 is 0 Å². The fourth-order valence-corrected chi connectivity index (χ4v) is 1.89. The van der Waals surface area contributed by atoms with Gasteiger partial charge in [0.2, 0.25) is 5.91 Å². The molecule has 1 amide bonds. The molecule has 0 spiro atoms. The van der Waals surface area contributed by atoms with Crippen molar-refractivity contribution in [2.75, 3.05) is 0 Å². The van der Waals surface area contributed by atoms with Crippen molar-refractivity contribution in [1.82, 2.24) is 5.32 Å². The first-order chi connectivity index (χ1) is 9.31. The van der Waals surface area contributed by atoms with Crippen LogP contribution in [0.2, 0.25) is 0 Å². The Hall–Kier alpha value is -2.10. The third-order valence-corrected chi connectivity index (χ3v) is 3.07. The Labute approximate surface area is 119 Å². The van der Waals surface area contributed by atoms with Crippen LogP contribution in [0.4, 0.5) is 0 Å². The van der Waals surface area contributed by atoms with E-state index in [4.69, 9.17) is 5.11 Å². The number of carboxylic acid groups (broad SMARTS) is 1. The van der Waals surface area contributed by atoms with E-state index in [1.54, 1.807) is 19.9 Å². The number of hydrogen-bond donors (Lipinski definition) is 2. The second kappa shape index (κ2) is 6.89. The maximum absolute atomic E-state index is 11.8. The Morgan fingerprint density at radius 3 is 2.40 bits per heavy atom. The fourth-order valence-electron chi connectivity index (χ4n) is 1.89. The number of aliphatic carboxylic acids is 1. The molecule has 0 unspecified atom stereocenters. The molecule has 4 nitrogen and oxygen atoms in total. The van der Waals surface area contributed by atoms with Gasteiger partial charge in [0.05, 0.1) is 0 Å². The molecule has 0 saturated heterocycles. The number of hydrogen-bond acceptors (Lipinski definition) is 2. The zero-order chi connectivity index (χ0) is 15.3. The number of rotatable bonds is 5. The quantitative estimate of drug-likeness (QED) is 0.811. The first-order valence-electron chi connectivity index (χ1n) is 6.60. The van der Waals surface area contributed by atoms with Crippen LogP contribution >= 0.6 is 0 Å². The largest absolute Gasteiger partial charge is 0.480 e. The lowest BCUT2D eigenvalue weighted by Gasteiger charge is -2.16. The molecule has 0 aliphatic heterocycles. The topological polar surface area (TPSA) is 66.4 Å². The van der Waals surface area contributed by atoms with E-state index in [0.29, 0.717) is 0 Å². The predicted octanol–water partition coefficient (Wildman–Crippen LogP) is 2.54. The van der Waals surface area contributed by atoms with Crippen molar-refractivity contribution in [3.05, 3.63) is 41.0 Å². The summed E-state index contributed by atoms with van der Waals surface area (Å²) in [5, 5.41) is 11.5. The summed E-state index contributed by atoms with van der Waals surface area (Å²) < 4.78 is 0. The third-order valence-electron chi connectivity index (χ3n) is 3.07. The minimum Gasteiger partial charge on any atom is -0.480 e. The van der Waals surface area contributed by atoms with Crippen LogP contribution in [0.15, 0.2) is 24.3 Å². The molecular formula is C16H21NO3. The molecule has 1 rings (SSSR count). The number of carbonyl (C=O) groups excluding carboxylic acids is 1. The molecule has 1 aromatic carbocycles. The molecule has 20 heavy (non-hydrogen) atoms. The summed E-state index contributed by atoms with van der Waals surface area (Å²) in [6, 6.07) is 5.07. The Bertz CT molecular complexity index is 533. The molecule has 0 radical (unpaired) electrons. The zero-order valence-corrected chi connectivity index (χ0v) is 12.3. The first kappa shape index (κ1) is 16.0.